The first-order valence-electron chi connectivity index (χ1n) is 10.6. The van der Waals surface area contributed by atoms with Crippen LogP contribution in [-0.4, -0.2) is 21.8 Å². The highest BCUT2D eigenvalue weighted by molar-refractivity contribution is 5.93. The number of benzene rings is 1. The number of nitrogens with one attached hydrogen (secondary N) is 2. The van der Waals surface area contributed by atoms with Crippen LogP contribution in [0.25, 0.3) is 0 Å². The number of rotatable bonds is 6. The van der Waals surface area contributed by atoms with Crippen LogP contribution in [0.4, 0.5) is 10.5 Å². The fourth-order valence-electron chi connectivity index (χ4n) is 6.17. The lowest BCUT2D eigenvalue weighted by Gasteiger charge is -2.56. The molecule has 2 amide bonds. The molecule has 4 bridgehead atoms. The van der Waals surface area contributed by atoms with Crippen molar-refractivity contribution >= 4 is 11.7 Å². The summed E-state index contributed by atoms with van der Waals surface area (Å²) in [6.45, 7) is 2.14. The Morgan fingerprint density at radius 3 is 2.11 bits per heavy atom. The van der Waals surface area contributed by atoms with Crippen LogP contribution in [-0.2, 0) is 6.42 Å². The second kappa shape index (κ2) is 7.25. The van der Waals surface area contributed by atoms with Gasteiger partial charge in [0.1, 0.15) is 17.2 Å². The summed E-state index contributed by atoms with van der Waals surface area (Å²) in [6.07, 6.45) is 11.3. The number of aryl methyl sites for hydroxylation is 1. The molecule has 5 heteroatoms. The Balaban J connectivity index is 1.41. The second-order valence-corrected chi connectivity index (χ2v) is 9.24. The quantitative estimate of drug-likeness (QED) is 0.422. The lowest BCUT2D eigenvalue weighted by atomic mass is 9.53. The molecule has 4 saturated carbocycles. The first kappa shape index (κ1) is 18.5. The predicted molar refractivity (Wildman–Crippen MR) is 106 cm³/mol. The van der Waals surface area contributed by atoms with E-state index in [1.807, 2.05) is 0 Å². The molecule has 0 atom stereocenters. The van der Waals surface area contributed by atoms with Crippen molar-refractivity contribution in [1.82, 2.24) is 5.32 Å². The van der Waals surface area contributed by atoms with Crippen molar-refractivity contribution in [3.8, 4) is 11.5 Å². The van der Waals surface area contributed by atoms with Gasteiger partial charge in [0.25, 0.3) is 0 Å². The smallest absolute Gasteiger partial charge is 0.319 e. The number of phenols is 2. The number of hydrogen-bond acceptors (Lipinski definition) is 3. The van der Waals surface area contributed by atoms with Crippen molar-refractivity contribution in [3.05, 3.63) is 17.7 Å². The lowest BCUT2D eigenvalue weighted by Crippen LogP contribution is -2.60. The topological polar surface area (TPSA) is 81.6 Å². The van der Waals surface area contributed by atoms with Crippen molar-refractivity contribution in [1.29, 1.82) is 0 Å². The molecule has 0 aromatic heterocycles. The van der Waals surface area contributed by atoms with E-state index in [4.69, 9.17) is 0 Å². The molecule has 1 aromatic rings. The van der Waals surface area contributed by atoms with E-state index in [1.54, 1.807) is 12.1 Å². The molecule has 5 nitrogen and oxygen atoms in total. The van der Waals surface area contributed by atoms with E-state index in [9.17, 15) is 15.0 Å². The van der Waals surface area contributed by atoms with E-state index in [2.05, 4.69) is 17.6 Å². The molecule has 27 heavy (non-hydrogen) atoms. The highest BCUT2D eigenvalue weighted by atomic mass is 16.3. The third-order valence-corrected chi connectivity index (χ3v) is 6.88. The van der Waals surface area contributed by atoms with Gasteiger partial charge in [-0.3, -0.25) is 0 Å². The molecule has 0 radical (unpaired) electrons. The van der Waals surface area contributed by atoms with Gasteiger partial charge >= 0.3 is 6.03 Å². The van der Waals surface area contributed by atoms with Gasteiger partial charge in [0, 0.05) is 5.54 Å². The number of carbonyl (C=O) groups excluding carboxylic acids is 1. The maximum Gasteiger partial charge on any atom is 0.319 e. The Bertz CT molecular complexity index is 657. The molecular formula is C22H32N2O3. The van der Waals surface area contributed by atoms with Gasteiger partial charge < -0.3 is 20.8 Å². The van der Waals surface area contributed by atoms with Gasteiger partial charge in [0.15, 0.2) is 0 Å². The standard InChI is InChI=1S/C22H32N2O3/c1-2-3-4-5-14-9-18(25)20(19(26)10-14)23-21(27)24-22-11-15-6-16(12-22)8-17(7-15)13-22/h9-10,15-17,25-26H,2-8,11-13H2,1H3,(H2,23,24,27). The summed E-state index contributed by atoms with van der Waals surface area (Å²) in [5, 5.41) is 26.5. The minimum Gasteiger partial charge on any atom is -0.506 e. The van der Waals surface area contributed by atoms with Gasteiger partial charge in [-0.2, -0.15) is 0 Å². The Labute approximate surface area is 161 Å². The van der Waals surface area contributed by atoms with Gasteiger partial charge in [-0.15, -0.1) is 0 Å². The molecule has 148 valence electrons. The third kappa shape index (κ3) is 3.87. The van der Waals surface area contributed by atoms with Crippen molar-refractivity contribution in [2.75, 3.05) is 5.32 Å². The number of amides is 2. The monoisotopic (exact) mass is 372 g/mol. The highest BCUT2D eigenvalue weighted by Gasteiger charge is 2.51. The van der Waals surface area contributed by atoms with Gasteiger partial charge in [0.05, 0.1) is 0 Å². The predicted octanol–water partition coefficient (Wildman–Crippen LogP) is 4.92. The van der Waals surface area contributed by atoms with Gasteiger partial charge in [-0.25, -0.2) is 4.79 Å². The molecule has 4 aliphatic rings. The zero-order valence-electron chi connectivity index (χ0n) is 16.3. The number of urea groups is 1. The molecular weight excluding hydrogens is 340 g/mol. The van der Waals surface area contributed by atoms with E-state index < -0.39 is 0 Å². The van der Waals surface area contributed by atoms with Crippen LogP contribution in [0.2, 0.25) is 0 Å². The fourth-order valence-corrected chi connectivity index (χ4v) is 6.17. The average Bonchev–Trinajstić information content (AvgIpc) is 2.57. The van der Waals surface area contributed by atoms with E-state index >= 15 is 0 Å². The maximum absolute atomic E-state index is 12.7. The third-order valence-electron chi connectivity index (χ3n) is 6.88. The molecule has 4 aliphatic carbocycles. The van der Waals surface area contributed by atoms with Crippen LogP contribution in [0.5, 0.6) is 11.5 Å². The van der Waals surface area contributed by atoms with E-state index in [0.29, 0.717) is 0 Å². The zero-order valence-corrected chi connectivity index (χ0v) is 16.3. The number of phenolic OH excluding ortho intramolecular Hbond substituents is 2. The summed E-state index contributed by atoms with van der Waals surface area (Å²) in [4.78, 5) is 12.7. The Hall–Kier alpha value is -1.91. The molecule has 4 N–H and O–H groups in total. The average molecular weight is 373 g/mol. The second-order valence-electron chi connectivity index (χ2n) is 9.24. The van der Waals surface area contributed by atoms with Crippen LogP contribution in [0.1, 0.15) is 70.3 Å². The molecule has 5 rings (SSSR count). The zero-order chi connectivity index (χ0) is 19.0. The van der Waals surface area contributed by atoms with Crippen LogP contribution in [0.15, 0.2) is 12.1 Å². The summed E-state index contributed by atoms with van der Waals surface area (Å²) >= 11 is 0. The van der Waals surface area contributed by atoms with Gasteiger partial charge in [-0.05, 0) is 86.8 Å². The summed E-state index contributed by atoms with van der Waals surface area (Å²) in [5.41, 5.74) is 0.909. The van der Waals surface area contributed by atoms with Gasteiger partial charge in [0.2, 0.25) is 0 Å². The largest absolute Gasteiger partial charge is 0.506 e. The Morgan fingerprint density at radius 1 is 1.04 bits per heavy atom. The first-order valence-corrected chi connectivity index (χ1v) is 10.6. The minimum atomic E-state index is -0.318. The fraction of sp³-hybridized carbons (Fsp3) is 0.682. The van der Waals surface area contributed by atoms with E-state index in [0.717, 1.165) is 68.3 Å². The summed E-state index contributed by atoms with van der Waals surface area (Å²) < 4.78 is 0. The number of anilines is 1. The number of unbranched alkanes of at least 4 members (excludes halogenated alkanes) is 2. The molecule has 1 aromatic carbocycles. The van der Waals surface area contributed by atoms with Crippen molar-refractivity contribution in [2.45, 2.75) is 76.7 Å². The Morgan fingerprint density at radius 2 is 1.59 bits per heavy atom. The summed E-state index contributed by atoms with van der Waals surface area (Å²) in [5.74, 6) is 2.12. The molecule has 0 heterocycles. The SMILES string of the molecule is CCCCCc1cc(O)c(NC(=O)NC23CC4CC(CC(C4)C2)C3)c(O)c1. The molecule has 0 saturated heterocycles. The van der Waals surface area contributed by atoms with Crippen molar-refractivity contribution < 1.29 is 15.0 Å². The molecule has 0 unspecified atom stereocenters. The number of carbonyl (C=O) groups is 1. The van der Waals surface area contributed by atoms with Crippen LogP contribution in [0.3, 0.4) is 0 Å². The highest BCUT2D eigenvalue weighted by Crippen LogP contribution is 2.55. The molecule has 0 aliphatic heterocycles. The molecule has 4 fully saturated rings. The van der Waals surface area contributed by atoms with E-state index in [1.165, 1.54) is 19.3 Å². The lowest BCUT2D eigenvalue weighted by molar-refractivity contribution is -0.0127. The van der Waals surface area contributed by atoms with Crippen LogP contribution < -0.4 is 10.6 Å². The summed E-state index contributed by atoms with van der Waals surface area (Å²) in [6, 6.07) is 2.98. The van der Waals surface area contributed by atoms with Crippen LogP contribution >= 0.6 is 0 Å². The normalized spacial score (nSPS) is 31.1. The van der Waals surface area contributed by atoms with Gasteiger partial charge in [-0.1, -0.05) is 19.8 Å². The van der Waals surface area contributed by atoms with E-state index in [-0.39, 0.29) is 28.8 Å². The molecule has 0 spiro atoms. The van der Waals surface area contributed by atoms with Crippen molar-refractivity contribution in [2.24, 2.45) is 17.8 Å². The minimum absolute atomic E-state index is 0.0674. The summed E-state index contributed by atoms with van der Waals surface area (Å²) in [7, 11) is 0. The first-order chi connectivity index (χ1) is 13.0. The number of hydrogen-bond donors (Lipinski definition) is 4. The van der Waals surface area contributed by atoms with Crippen LogP contribution in [0, 0.1) is 17.8 Å². The Kier molecular flexibility index (Phi) is 4.95. The maximum atomic E-state index is 12.7. The van der Waals surface area contributed by atoms with Crippen molar-refractivity contribution in [3.63, 3.8) is 0 Å². The number of aromatic hydroxyl groups is 2.